The molecule has 1 aromatic rings. The van der Waals surface area contributed by atoms with E-state index in [0.717, 1.165) is 26.3 Å². The second-order valence-corrected chi connectivity index (χ2v) is 5.42. The summed E-state index contributed by atoms with van der Waals surface area (Å²) in [6.45, 7) is 8.00. The maximum atomic E-state index is 5.73. The van der Waals surface area contributed by atoms with Crippen molar-refractivity contribution in [3.63, 3.8) is 0 Å². The zero-order chi connectivity index (χ0) is 14.5. The molecule has 1 rings (SSSR count). The van der Waals surface area contributed by atoms with Gasteiger partial charge in [-0.25, -0.2) is 0 Å². The molecule has 1 aromatic carbocycles. The molecule has 0 atom stereocenters. The zero-order valence-electron chi connectivity index (χ0n) is 13.3. The molecule has 0 spiro atoms. The van der Waals surface area contributed by atoms with Crippen molar-refractivity contribution in [2.75, 3.05) is 13.2 Å². The Labute approximate surface area is 124 Å². The number of unbranched alkanes of at least 4 members (excludes halogenated alkanes) is 5. The number of benzene rings is 1. The lowest BCUT2D eigenvalue weighted by molar-refractivity contribution is 0.116. The molecule has 20 heavy (non-hydrogen) atoms. The largest absolute Gasteiger partial charge is 0.377 e. The van der Waals surface area contributed by atoms with E-state index in [1.807, 2.05) is 0 Å². The van der Waals surface area contributed by atoms with E-state index in [4.69, 9.17) is 4.74 Å². The minimum atomic E-state index is 0.746. The van der Waals surface area contributed by atoms with Gasteiger partial charge in [0.25, 0.3) is 0 Å². The SMILES string of the molecule is CCCCCCCCOCc1ccc(CNCC)cc1. The van der Waals surface area contributed by atoms with E-state index in [1.54, 1.807) is 0 Å². The van der Waals surface area contributed by atoms with Gasteiger partial charge in [-0.15, -0.1) is 0 Å². The molecular formula is C18H31NO. The third-order valence-corrected chi connectivity index (χ3v) is 3.51. The topological polar surface area (TPSA) is 21.3 Å². The van der Waals surface area contributed by atoms with E-state index in [-0.39, 0.29) is 0 Å². The average Bonchev–Trinajstić information content (AvgIpc) is 2.49. The minimum absolute atomic E-state index is 0.746. The molecule has 114 valence electrons. The van der Waals surface area contributed by atoms with Crippen LogP contribution < -0.4 is 5.32 Å². The molecule has 0 amide bonds. The standard InChI is InChI=1S/C18H31NO/c1-3-5-6-7-8-9-14-20-16-18-12-10-17(11-13-18)15-19-4-2/h10-13,19H,3-9,14-16H2,1-2H3. The van der Waals surface area contributed by atoms with E-state index in [1.165, 1.54) is 49.7 Å². The highest BCUT2D eigenvalue weighted by atomic mass is 16.5. The van der Waals surface area contributed by atoms with Crippen molar-refractivity contribution in [3.05, 3.63) is 35.4 Å². The van der Waals surface area contributed by atoms with Crippen molar-refractivity contribution in [2.24, 2.45) is 0 Å². The van der Waals surface area contributed by atoms with E-state index in [2.05, 4.69) is 43.4 Å². The molecule has 1 N–H and O–H groups in total. The van der Waals surface area contributed by atoms with Gasteiger partial charge in [-0.1, -0.05) is 70.2 Å². The number of nitrogens with one attached hydrogen (secondary N) is 1. The number of rotatable bonds is 12. The van der Waals surface area contributed by atoms with Gasteiger partial charge >= 0.3 is 0 Å². The summed E-state index contributed by atoms with van der Waals surface area (Å²) in [7, 11) is 0. The fraction of sp³-hybridized carbons (Fsp3) is 0.667. The molecule has 0 saturated carbocycles. The minimum Gasteiger partial charge on any atom is -0.377 e. The van der Waals surface area contributed by atoms with Gasteiger partial charge in [-0.2, -0.15) is 0 Å². The molecule has 0 aliphatic heterocycles. The summed E-state index contributed by atoms with van der Waals surface area (Å²) in [6.07, 6.45) is 7.93. The first-order valence-corrected chi connectivity index (χ1v) is 8.23. The Morgan fingerprint density at radius 1 is 0.850 bits per heavy atom. The van der Waals surface area contributed by atoms with Gasteiger partial charge in [0.1, 0.15) is 0 Å². The van der Waals surface area contributed by atoms with Crippen LogP contribution >= 0.6 is 0 Å². The van der Waals surface area contributed by atoms with Gasteiger partial charge in [0.05, 0.1) is 6.61 Å². The fourth-order valence-corrected chi connectivity index (χ4v) is 2.20. The van der Waals surface area contributed by atoms with Crippen LogP contribution in [0.2, 0.25) is 0 Å². The summed E-state index contributed by atoms with van der Waals surface area (Å²) >= 11 is 0. The third-order valence-electron chi connectivity index (χ3n) is 3.51. The Kier molecular flexibility index (Phi) is 10.3. The van der Waals surface area contributed by atoms with Gasteiger partial charge in [0, 0.05) is 13.2 Å². The molecule has 2 nitrogen and oxygen atoms in total. The molecule has 0 aliphatic rings. The van der Waals surface area contributed by atoms with Crippen LogP contribution in [0.25, 0.3) is 0 Å². The van der Waals surface area contributed by atoms with Gasteiger partial charge in [-0.05, 0) is 24.1 Å². The van der Waals surface area contributed by atoms with Gasteiger partial charge in [0.2, 0.25) is 0 Å². The van der Waals surface area contributed by atoms with E-state index >= 15 is 0 Å². The van der Waals surface area contributed by atoms with E-state index < -0.39 is 0 Å². The third kappa shape index (κ3) is 8.34. The second-order valence-electron chi connectivity index (χ2n) is 5.42. The zero-order valence-corrected chi connectivity index (χ0v) is 13.3. The van der Waals surface area contributed by atoms with Gasteiger partial charge in [-0.3, -0.25) is 0 Å². The van der Waals surface area contributed by atoms with Crippen LogP contribution in [0.5, 0.6) is 0 Å². The van der Waals surface area contributed by atoms with Crippen LogP contribution in [-0.4, -0.2) is 13.2 Å². The van der Waals surface area contributed by atoms with Crippen LogP contribution in [0, 0.1) is 0 Å². The second kappa shape index (κ2) is 11.9. The highest BCUT2D eigenvalue weighted by molar-refractivity contribution is 5.21. The lowest BCUT2D eigenvalue weighted by Crippen LogP contribution is -2.11. The van der Waals surface area contributed by atoms with Crippen molar-refractivity contribution in [1.82, 2.24) is 5.32 Å². The molecule has 0 heterocycles. The van der Waals surface area contributed by atoms with Crippen molar-refractivity contribution in [1.29, 1.82) is 0 Å². The van der Waals surface area contributed by atoms with E-state index in [0.29, 0.717) is 0 Å². The maximum absolute atomic E-state index is 5.73. The molecule has 0 aromatic heterocycles. The number of ether oxygens (including phenoxy) is 1. The summed E-state index contributed by atoms with van der Waals surface area (Å²) in [5, 5.41) is 3.33. The van der Waals surface area contributed by atoms with Crippen LogP contribution in [0.3, 0.4) is 0 Å². The predicted molar refractivity (Wildman–Crippen MR) is 86.9 cm³/mol. The fourth-order valence-electron chi connectivity index (χ4n) is 2.20. The molecular weight excluding hydrogens is 246 g/mol. The smallest absolute Gasteiger partial charge is 0.0716 e. The first kappa shape index (κ1) is 17.2. The Hall–Kier alpha value is -0.860. The molecule has 0 aliphatic carbocycles. The lowest BCUT2D eigenvalue weighted by Gasteiger charge is -2.06. The van der Waals surface area contributed by atoms with Crippen molar-refractivity contribution in [3.8, 4) is 0 Å². The van der Waals surface area contributed by atoms with Crippen molar-refractivity contribution in [2.45, 2.75) is 65.5 Å². The Morgan fingerprint density at radius 2 is 1.50 bits per heavy atom. The molecule has 0 bridgehead atoms. The molecule has 0 unspecified atom stereocenters. The lowest BCUT2D eigenvalue weighted by atomic mass is 10.1. The molecule has 0 saturated heterocycles. The normalized spacial score (nSPS) is 10.9. The number of hydrogen-bond acceptors (Lipinski definition) is 2. The number of hydrogen-bond donors (Lipinski definition) is 1. The van der Waals surface area contributed by atoms with Gasteiger partial charge in [0.15, 0.2) is 0 Å². The summed E-state index contributed by atoms with van der Waals surface area (Å²) in [4.78, 5) is 0. The van der Waals surface area contributed by atoms with E-state index in [9.17, 15) is 0 Å². The summed E-state index contributed by atoms with van der Waals surface area (Å²) in [6, 6.07) is 8.72. The Balaban J connectivity index is 2.04. The van der Waals surface area contributed by atoms with Crippen LogP contribution in [0.15, 0.2) is 24.3 Å². The molecule has 0 radical (unpaired) electrons. The average molecular weight is 277 g/mol. The Morgan fingerprint density at radius 3 is 2.20 bits per heavy atom. The monoisotopic (exact) mass is 277 g/mol. The van der Waals surface area contributed by atoms with Gasteiger partial charge < -0.3 is 10.1 Å². The summed E-state index contributed by atoms with van der Waals surface area (Å²) in [5.41, 5.74) is 2.61. The highest BCUT2D eigenvalue weighted by Gasteiger charge is 1.96. The predicted octanol–water partition coefficient (Wildman–Crippen LogP) is 4.67. The summed E-state index contributed by atoms with van der Waals surface area (Å²) in [5.74, 6) is 0. The van der Waals surface area contributed by atoms with Crippen LogP contribution in [0.1, 0.15) is 63.5 Å². The first-order valence-electron chi connectivity index (χ1n) is 8.23. The van der Waals surface area contributed by atoms with Crippen LogP contribution in [0.4, 0.5) is 0 Å². The summed E-state index contributed by atoms with van der Waals surface area (Å²) < 4.78 is 5.73. The quantitative estimate of drug-likeness (QED) is 0.560. The van der Waals surface area contributed by atoms with Crippen LogP contribution in [-0.2, 0) is 17.9 Å². The first-order chi connectivity index (χ1) is 9.86. The van der Waals surface area contributed by atoms with Crippen molar-refractivity contribution < 1.29 is 4.74 Å². The maximum Gasteiger partial charge on any atom is 0.0716 e. The Bertz CT molecular complexity index is 321. The highest BCUT2D eigenvalue weighted by Crippen LogP contribution is 2.08. The molecule has 2 heteroatoms. The van der Waals surface area contributed by atoms with Crippen molar-refractivity contribution >= 4 is 0 Å². The molecule has 0 fully saturated rings.